The van der Waals surface area contributed by atoms with Crippen molar-refractivity contribution in [3.05, 3.63) is 23.8 Å². The van der Waals surface area contributed by atoms with Crippen LogP contribution in [0.25, 0.3) is 0 Å². The summed E-state index contributed by atoms with van der Waals surface area (Å²) in [6.45, 7) is 6.87. The average Bonchev–Trinajstić information content (AvgIpc) is 3.03. The van der Waals surface area contributed by atoms with Gasteiger partial charge in [0.15, 0.2) is 11.5 Å². The summed E-state index contributed by atoms with van der Waals surface area (Å²) in [5.41, 5.74) is 0.589. The van der Waals surface area contributed by atoms with E-state index in [1.54, 1.807) is 18.2 Å². The number of carbonyl (C=O) groups excluding carboxylic acids is 1. The Bertz CT molecular complexity index is 547. The average molecular weight is 320 g/mol. The van der Waals surface area contributed by atoms with E-state index in [-0.39, 0.29) is 18.8 Å². The molecule has 0 aromatic heterocycles. The maximum Gasteiger partial charge on any atom is 0.251 e. The summed E-state index contributed by atoms with van der Waals surface area (Å²) in [4.78, 5) is 14.6. The Labute approximate surface area is 136 Å². The van der Waals surface area contributed by atoms with Gasteiger partial charge in [0, 0.05) is 25.2 Å². The summed E-state index contributed by atoms with van der Waals surface area (Å²) < 4.78 is 16.3. The van der Waals surface area contributed by atoms with Crippen molar-refractivity contribution in [2.45, 2.75) is 25.9 Å². The zero-order chi connectivity index (χ0) is 16.1. The zero-order valence-corrected chi connectivity index (χ0v) is 13.5. The Balaban J connectivity index is 1.44. The summed E-state index contributed by atoms with van der Waals surface area (Å²) in [5, 5.41) is 2.95. The lowest BCUT2D eigenvalue weighted by Gasteiger charge is -2.32. The Hall–Kier alpha value is -1.79. The van der Waals surface area contributed by atoms with Crippen LogP contribution in [0.15, 0.2) is 18.2 Å². The molecular weight excluding hydrogens is 296 g/mol. The molecule has 0 saturated carbocycles. The summed E-state index contributed by atoms with van der Waals surface area (Å²) >= 11 is 0. The highest BCUT2D eigenvalue weighted by atomic mass is 16.7. The molecule has 6 heteroatoms. The van der Waals surface area contributed by atoms with Gasteiger partial charge in [0.1, 0.15) is 0 Å². The highest BCUT2D eigenvalue weighted by Gasteiger charge is 2.20. The molecule has 1 saturated heterocycles. The molecule has 6 nitrogen and oxygen atoms in total. The van der Waals surface area contributed by atoms with Gasteiger partial charge < -0.3 is 19.5 Å². The van der Waals surface area contributed by atoms with Crippen molar-refractivity contribution in [2.24, 2.45) is 0 Å². The number of ether oxygens (including phenoxy) is 3. The molecule has 126 valence electrons. The van der Waals surface area contributed by atoms with Gasteiger partial charge in [-0.2, -0.15) is 0 Å². The third kappa shape index (κ3) is 4.14. The van der Waals surface area contributed by atoms with Crippen molar-refractivity contribution in [1.29, 1.82) is 0 Å². The van der Waals surface area contributed by atoms with Crippen molar-refractivity contribution < 1.29 is 19.0 Å². The fraction of sp³-hybridized carbons (Fsp3) is 0.588. The van der Waals surface area contributed by atoms with Crippen molar-refractivity contribution in [3.8, 4) is 11.5 Å². The van der Waals surface area contributed by atoms with Crippen LogP contribution in [-0.2, 0) is 4.74 Å². The fourth-order valence-corrected chi connectivity index (χ4v) is 2.96. The van der Waals surface area contributed by atoms with Gasteiger partial charge in [0.25, 0.3) is 5.91 Å². The number of hydrogen-bond acceptors (Lipinski definition) is 5. The summed E-state index contributed by atoms with van der Waals surface area (Å²) in [6, 6.07) is 5.24. The molecule has 2 heterocycles. The van der Waals surface area contributed by atoms with Crippen LogP contribution >= 0.6 is 0 Å². The molecule has 23 heavy (non-hydrogen) atoms. The minimum Gasteiger partial charge on any atom is -0.454 e. The Kier molecular flexibility index (Phi) is 5.35. The lowest BCUT2D eigenvalue weighted by atomic mass is 10.1. The van der Waals surface area contributed by atoms with E-state index in [0.717, 1.165) is 39.1 Å². The molecule has 1 aromatic carbocycles. The number of amides is 1. The first-order valence-electron chi connectivity index (χ1n) is 8.28. The molecule has 0 spiro atoms. The first-order chi connectivity index (χ1) is 11.3. The summed E-state index contributed by atoms with van der Waals surface area (Å²) in [7, 11) is 0. The van der Waals surface area contributed by atoms with Crippen LogP contribution in [0.1, 0.15) is 30.1 Å². The van der Waals surface area contributed by atoms with E-state index in [0.29, 0.717) is 23.6 Å². The minimum absolute atomic E-state index is 0.0930. The molecule has 0 radical (unpaired) electrons. The number of nitrogens with zero attached hydrogens (tertiary/aromatic N) is 1. The standard InChI is InChI=1S/C17H24N2O4/c1-2-7-19-8-9-21-14(11-19)5-6-18-17(20)13-3-4-15-16(10-13)23-12-22-15/h3-4,10,14H,2,5-9,11-12H2,1H3,(H,18,20)/t14-/m0/s1. The van der Waals surface area contributed by atoms with E-state index < -0.39 is 0 Å². The fourth-order valence-electron chi connectivity index (χ4n) is 2.96. The molecule has 1 atom stereocenters. The summed E-state index contributed by atoms with van der Waals surface area (Å²) in [6.07, 6.45) is 2.19. The number of hydrogen-bond donors (Lipinski definition) is 1. The molecule has 3 rings (SSSR count). The molecule has 0 unspecified atom stereocenters. The second kappa shape index (κ2) is 7.66. The third-order valence-corrected chi connectivity index (χ3v) is 4.15. The third-order valence-electron chi connectivity index (χ3n) is 4.15. The van der Waals surface area contributed by atoms with E-state index in [2.05, 4.69) is 17.1 Å². The SMILES string of the molecule is CCCN1CCO[C@@H](CCNC(=O)c2ccc3c(c2)OCO3)C1. The minimum atomic E-state index is -0.0930. The van der Waals surface area contributed by atoms with Crippen LogP contribution in [0.5, 0.6) is 11.5 Å². The van der Waals surface area contributed by atoms with Crippen molar-refractivity contribution >= 4 is 5.91 Å². The van der Waals surface area contributed by atoms with Gasteiger partial charge in [-0.1, -0.05) is 6.92 Å². The smallest absolute Gasteiger partial charge is 0.251 e. The molecular formula is C17H24N2O4. The molecule has 1 amide bonds. The van der Waals surface area contributed by atoms with E-state index in [9.17, 15) is 4.79 Å². The molecule has 1 aromatic rings. The van der Waals surface area contributed by atoms with Crippen molar-refractivity contribution in [3.63, 3.8) is 0 Å². The van der Waals surface area contributed by atoms with E-state index >= 15 is 0 Å². The Morgan fingerprint density at radius 1 is 1.35 bits per heavy atom. The van der Waals surface area contributed by atoms with Crippen LogP contribution in [0.2, 0.25) is 0 Å². The second-order valence-corrected chi connectivity index (χ2v) is 5.91. The van der Waals surface area contributed by atoms with Gasteiger partial charge in [0.05, 0.1) is 12.7 Å². The highest BCUT2D eigenvalue weighted by Crippen LogP contribution is 2.32. The van der Waals surface area contributed by atoms with Gasteiger partial charge in [0.2, 0.25) is 6.79 Å². The molecule has 2 aliphatic heterocycles. The van der Waals surface area contributed by atoms with E-state index in [1.807, 2.05) is 0 Å². The van der Waals surface area contributed by atoms with Gasteiger partial charge in [-0.05, 0) is 37.6 Å². The molecule has 0 aliphatic carbocycles. The normalized spacial score (nSPS) is 20.5. The Morgan fingerprint density at radius 3 is 3.09 bits per heavy atom. The van der Waals surface area contributed by atoms with Crippen LogP contribution in [0.4, 0.5) is 0 Å². The van der Waals surface area contributed by atoms with Crippen molar-refractivity contribution in [2.75, 3.05) is 39.6 Å². The highest BCUT2D eigenvalue weighted by molar-refractivity contribution is 5.94. The quantitative estimate of drug-likeness (QED) is 0.863. The number of morpholine rings is 1. The molecule has 1 N–H and O–H groups in total. The maximum atomic E-state index is 12.2. The first-order valence-corrected chi connectivity index (χ1v) is 8.28. The topological polar surface area (TPSA) is 60.0 Å². The van der Waals surface area contributed by atoms with Crippen LogP contribution in [-0.4, -0.2) is 56.5 Å². The van der Waals surface area contributed by atoms with Crippen LogP contribution in [0, 0.1) is 0 Å². The number of fused-ring (bicyclic) bond motifs is 1. The largest absolute Gasteiger partial charge is 0.454 e. The van der Waals surface area contributed by atoms with Crippen LogP contribution < -0.4 is 14.8 Å². The van der Waals surface area contributed by atoms with E-state index in [1.165, 1.54) is 0 Å². The second-order valence-electron chi connectivity index (χ2n) is 5.91. The Morgan fingerprint density at radius 2 is 2.22 bits per heavy atom. The first kappa shape index (κ1) is 16.1. The lowest BCUT2D eigenvalue weighted by Crippen LogP contribution is -2.43. The number of nitrogens with one attached hydrogen (secondary N) is 1. The predicted octanol–water partition coefficient (Wildman–Crippen LogP) is 1.65. The zero-order valence-electron chi connectivity index (χ0n) is 13.5. The number of rotatable bonds is 6. The lowest BCUT2D eigenvalue weighted by molar-refractivity contribution is -0.0312. The molecule has 0 bridgehead atoms. The van der Waals surface area contributed by atoms with Crippen LogP contribution in [0.3, 0.4) is 0 Å². The van der Waals surface area contributed by atoms with Gasteiger partial charge in [-0.15, -0.1) is 0 Å². The van der Waals surface area contributed by atoms with E-state index in [4.69, 9.17) is 14.2 Å². The van der Waals surface area contributed by atoms with Gasteiger partial charge in [-0.3, -0.25) is 9.69 Å². The van der Waals surface area contributed by atoms with Gasteiger partial charge >= 0.3 is 0 Å². The maximum absolute atomic E-state index is 12.2. The predicted molar refractivity (Wildman–Crippen MR) is 86.0 cm³/mol. The number of benzene rings is 1. The number of carbonyl (C=O) groups is 1. The molecule has 2 aliphatic rings. The molecule has 1 fully saturated rings. The summed E-state index contributed by atoms with van der Waals surface area (Å²) in [5.74, 6) is 1.22. The van der Waals surface area contributed by atoms with Crippen molar-refractivity contribution in [1.82, 2.24) is 10.2 Å². The monoisotopic (exact) mass is 320 g/mol. The van der Waals surface area contributed by atoms with Gasteiger partial charge in [-0.25, -0.2) is 0 Å².